The molecule has 0 saturated carbocycles. The minimum atomic E-state index is -0.380. The lowest BCUT2D eigenvalue weighted by Gasteiger charge is -2.38. The lowest BCUT2D eigenvalue weighted by Crippen LogP contribution is -2.36. The second-order valence-electron chi connectivity index (χ2n) is 9.67. The van der Waals surface area contributed by atoms with Gasteiger partial charge in [-0.3, -0.25) is 4.79 Å². The summed E-state index contributed by atoms with van der Waals surface area (Å²) in [5, 5.41) is 8.29. The van der Waals surface area contributed by atoms with Crippen LogP contribution in [0.25, 0.3) is 11.4 Å². The van der Waals surface area contributed by atoms with Gasteiger partial charge in [0.15, 0.2) is 11.6 Å². The van der Waals surface area contributed by atoms with Gasteiger partial charge >= 0.3 is 0 Å². The van der Waals surface area contributed by atoms with E-state index in [4.69, 9.17) is 24.3 Å². The Labute approximate surface area is 204 Å². The highest BCUT2D eigenvalue weighted by molar-refractivity contribution is 6.00. The molecule has 1 aliphatic heterocycles. The van der Waals surface area contributed by atoms with Crippen LogP contribution in [0.15, 0.2) is 53.7 Å². The van der Waals surface area contributed by atoms with Crippen molar-refractivity contribution in [1.29, 1.82) is 0 Å². The minimum Gasteiger partial charge on any atom is -0.497 e. The molecule has 1 atom stereocenters. The van der Waals surface area contributed by atoms with Gasteiger partial charge in [0, 0.05) is 29.3 Å². The Kier molecular flexibility index (Phi) is 5.75. The summed E-state index contributed by atoms with van der Waals surface area (Å²) in [4.78, 5) is 18.3. The number of carbonyl (C=O) groups is 1. The SMILES string of the molecule is CCOc1ccc(C2C3=C(CC(C)(C)CC3=O)Nc3nc(-c4cc(OC)cc(OC)c4)nn32)cc1. The van der Waals surface area contributed by atoms with Crippen molar-refractivity contribution in [2.75, 3.05) is 26.1 Å². The van der Waals surface area contributed by atoms with E-state index >= 15 is 0 Å². The van der Waals surface area contributed by atoms with Crippen molar-refractivity contribution in [3.63, 3.8) is 0 Å². The molecule has 1 N–H and O–H groups in total. The Morgan fingerprint density at radius 2 is 1.71 bits per heavy atom. The normalized spacial score (nSPS) is 18.4. The Morgan fingerprint density at radius 3 is 2.34 bits per heavy atom. The summed E-state index contributed by atoms with van der Waals surface area (Å²) < 4.78 is 18.3. The van der Waals surface area contributed by atoms with E-state index in [9.17, 15) is 4.79 Å². The zero-order valence-electron chi connectivity index (χ0n) is 20.7. The predicted octanol–water partition coefficient (Wildman–Crippen LogP) is 5.02. The monoisotopic (exact) mass is 474 g/mol. The van der Waals surface area contributed by atoms with Gasteiger partial charge in [0.2, 0.25) is 5.95 Å². The minimum absolute atomic E-state index is 0.128. The smallest absolute Gasteiger partial charge is 0.226 e. The summed E-state index contributed by atoms with van der Waals surface area (Å²) in [7, 11) is 3.22. The highest BCUT2D eigenvalue weighted by Gasteiger charge is 2.42. The number of allylic oxidation sites excluding steroid dienone is 2. The van der Waals surface area contributed by atoms with E-state index in [-0.39, 0.29) is 17.2 Å². The highest BCUT2D eigenvalue weighted by atomic mass is 16.5. The number of hydrogen-bond donors (Lipinski definition) is 1. The van der Waals surface area contributed by atoms with Crippen molar-refractivity contribution in [3.05, 3.63) is 59.3 Å². The first-order valence-electron chi connectivity index (χ1n) is 11.8. The zero-order valence-corrected chi connectivity index (χ0v) is 20.7. The molecule has 1 aromatic heterocycles. The van der Waals surface area contributed by atoms with E-state index in [1.165, 1.54) is 0 Å². The van der Waals surface area contributed by atoms with Crippen LogP contribution in [0.2, 0.25) is 0 Å². The van der Waals surface area contributed by atoms with E-state index in [0.717, 1.165) is 34.6 Å². The van der Waals surface area contributed by atoms with Gasteiger partial charge < -0.3 is 19.5 Å². The van der Waals surface area contributed by atoms with E-state index in [0.29, 0.717) is 36.3 Å². The number of anilines is 1. The summed E-state index contributed by atoms with van der Waals surface area (Å²) in [6, 6.07) is 13.0. The molecule has 3 aromatic rings. The molecule has 0 amide bonds. The first-order valence-corrected chi connectivity index (χ1v) is 11.8. The molecule has 0 bridgehead atoms. The van der Waals surface area contributed by atoms with E-state index in [2.05, 4.69) is 19.2 Å². The summed E-state index contributed by atoms with van der Waals surface area (Å²) in [6.07, 6.45) is 1.25. The van der Waals surface area contributed by atoms with E-state index in [1.807, 2.05) is 54.1 Å². The van der Waals surface area contributed by atoms with Gasteiger partial charge in [-0.05, 0) is 48.6 Å². The molecule has 2 heterocycles. The molecule has 2 aromatic carbocycles. The quantitative estimate of drug-likeness (QED) is 0.537. The largest absolute Gasteiger partial charge is 0.497 e. The van der Waals surface area contributed by atoms with Crippen LogP contribution in [0.5, 0.6) is 17.2 Å². The summed E-state index contributed by atoms with van der Waals surface area (Å²) >= 11 is 0. The van der Waals surface area contributed by atoms with Gasteiger partial charge in [-0.25, -0.2) is 4.68 Å². The number of ketones is 1. The fourth-order valence-corrected chi connectivity index (χ4v) is 4.89. The summed E-state index contributed by atoms with van der Waals surface area (Å²) in [6.45, 7) is 6.79. The lowest BCUT2D eigenvalue weighted by atomic mass is 9.73. The van der Waals surface area contributed by atoms with Gasteiger partial charge in [0.05, 0.1) is 20.8 Å². The maximum absolute atomic E-state index is 13.4. The molecular formula is C27H30N4O4. The van der Waals surface area contributed by atoms with Crippen LogP contribution in [0.1, 0.15) is 45.2 Å². The average molecular weight is 475 g/mol. The maximum atomic E-state index is 13.4. The summed E-state index contributed by atoms with van der Waals surface area (Å²) in [5.41, 5.74) is 3.26. The van der Waals surface area contributed by atoms with Crippen molar-refractivity contribution in [3.8, 4) is 28.6 Å². The van der Waals surface area contributed by atoms with Crippen molar-refractivity contribution < 1.29 is 19.0 Å². The molecule has 35 heavy (non-hydrogen) atoms. The van der Waals surface area contributed by atoms with Gasteiger partial charge in [-0.15, -0.1) is 5.10 Å². The second kappa shape index (κ2) is 8.76. The van der Waals surface area contributed by atoms with E-state index in [1.54, 1.807) is 14.2 Å². The Hall–Kier alpha value is -3.81. The number of carbonyl (C=O) groups excluding carboxylic acids is 1. The molecule has 2 aliphatic rings. The predicted molar refractivity (Wildman–Crippen MR) is 133 cm³/mol. The van der Waals surface area contributed by atoms with Gasteiger partial charge in [-0.1, -0.05) is 26.0 Å². The van der Waals surface area contributed by atoms with Gasteiger partial charge in [0.25, 0.3) is 0 Å². The Bertz CT molecular complexity index is 1280. The number of rotatable bonds is 6. The zero-order chi connectivity index (χ0) is 24.7. The molecule has 1 unspecified atom stereocenters. The number of methoxy groups -OCH3 is 2. The molecule has 0 fully saturated rings. The van der Waals surface area contributed by atoms with Crippen LogP contribution in [0.4, 0.5) is 5.95 Å². The standard InChI is InChI=1S/C27H30N4O4/c1-6-35-18-9-7-16(8-10-18)24-23-21(14-27(2,3)15-22(23)32)28-26-29-25(30-31(24)26)17-11-19(33-4)13-20(12-17)34-5/h7-13,24H,6,14-15H2,1-5H3,(H,28,29,30). The molecule has 182 valence electrons. The number of hydrogen-bond acceptors (Lipinski definition) is 7. The molecule has 8 nitrogen and oxygen atoms in total. The number of nitrogens with one attached hydrogen (secondary N) is 1. The average Bonchev–Trinajstić information content (AvgIpc) is 3.26. The van der Waals surface area contributed by atoms with Gasteiger partial charge in [0.1, 0.15) is 23.3 Å². The molecule has 0 spiro atoms. The van der Waals surface area contributed by atoms with Crippen molar-refractivity contribution >= 4 is 11.7 Å². The fraction of sp³-hybridized carbons (Fsp3) is 0.370. The number of fused-ring (bicyclic) bond motifs is 1. The first kappa shape index (κ1) is 23.0. The fourth-order valence-electron chi connectivity index (χ4n) is 4.89. The summed E-state index contributed by atoms with van der Waals surface area (Å²) in [5.74, 6) is 3.35. The maximum Gasteiger partial charge on any atom is 0.226 e. The number of ether oxygens (including phenoxy) is 3. The number of nitrogens with zero attached hydrogens (tertiary/aromatic N) is 3. The molecule has 8 heteroatoms. The number of Topliss-reactive ketones (excluding diaryl/α,β-unsaturated/α-hetero) is 1. The van der Waals surface area contributed by atoms with Crippen LogP contribution < -0.4 is 19.5 Å². The molecule has 0 radical (unpaired) electrons. The van der Waals surface area contributed by atoms with Crippen LogP contribution in [0, 0.1) is 5.41 Å². The van der Waals surface area contributed by atoms with Crippen LogP contribution in [0.3, 0.4) is 0 Å². The molecular weight excluding hydrogens is 444 g/mol. The topological polar surface area (TPSA) is 87.5 Å². The number of aromatic nitrogens is 3. The molecule has 5 rings (SSSR count). The van der Waals surface area contributed by atoms with Crippen LogP contribution in [-0.4, -0.2) is 41.4 Å². The number of benzene rings is 2. The Balaban J connectivity index is 1.64. The van der Waals surface area contributed by atoms with Crippen molar-refractivity contribution in [2.24, 2.45) is 5.41 Å². The first-order chi connectivity index (χ1) is 16.8. The van der Waals surface area contributed by atoms with Crippen molar-refractivity contribution in [1.82, 2.24) is 14.8 Å². The molecule has 0 saturated heterocycles. The highest BCUT2D eigenvalue weighted by Crippen LogP contribution is 2.46. The van der Waals surface area contributed by atoms with E-state index < -0.39 is 0 Å². The third kappa shape index (κ3) is 4.24. The lowest BCUT2D eigenvalue weighted by molar-refractivity contribution is -0.118. The third-order valence-corrected chi connectivity index (χ3v) is 6.45. The van der Waals surface area contributed by atoms with Crippen LogP contribution >= 0.6 is 0 Å². The van der Waals surface area contributed by atoms with Crippen molar-refractivity contribution in [2.45, 2.75) is 39.7 Å². The second-order valence-corrected chi connectivity index (χ2v) is 9.67. The Morgan fingerprint density at radius 1 is 1.03 bits per heavy atom. The third-order valence-electron chi connectivity index (χ3n) is 6.45. The molecule has 1 aliphatic carbocycles. The van der Waals surface area contributed by atoms with Crippen LogP contribution in [-0.2, 0) is 4.79 Å². The van der Waals surface area contributed by atoms with Gasteiger partial charge in [-0.2, -0.15) is 4.98 Å².